The highest BCUT2D eigenvalue weighted by molar-refractivity contribution is 5.76. The van der Waals surface area contributed by atoms with Gasteiger partial charge in [-0.1, -0.05) is 6.92 Å². The summed E-state index contributed by atoms with van der Waals surface area (Å²) >= 11 is 0. The fourth-order valence-electron chi connectivity index (χ4n) is 1.59. The molecule has 0 aromatic carbocycles. The Labute approximate surface area is 112 Å². The van der Waals surface area contributed by atoms with Gasteiger partial charge in [0.2, 0.25) is 11.8 Å². The van der Waals surface area contributed by atoms with Crippen molar-refractivity contribution >= 4 is 17.4 Å². The number of hydrogen-bond donors (Lipinski definition) is 3. The largest absolute Gasteiger partial charge is 0.476 e. The number of hydrogen-bond acceptors (Lipinski definition) is 6. The van der Waals surface area contributed by atoms with Crippen LogP contribution in [0.25, 0.3) is 0 Å². The number of nitrogens with one attached hydrogen (secondary N) is 1. The lowest BCUT2D eigenvalue weighted by Gasteiger charge is -2.26. The number of carbonyl (C=O) groups excluding carboxylic acids is 1. The zero-order valence-corrected chi connectivity index (χ0v) is 11.6. The smallest absolute Gasteiger partial charge is 0.242 e. The van der Waals surface area contributed by atoms with E-state index in [9.17, 15) is 4.79 Å². The summed E-state index contributed by atoms with van der Waals surface area (Å²) in [4.78, 5) is 19.0. The maximum Gasteiger partial charge on any atom is 0.242 e. The van der Waals surface area contributed by atoms with Gasteiger partial charge >= 0.3 is 0 Å². The highest BCUT2D eigenvalue weighted by Gasteiger charge is 2.23. The van der Waals surface area contributed by atoms with Crippen LogP contribution in [0, 0.1) is 0 Å². The van der Waals surface area contributed by atoms with Crippen molar-refractivity contribution < 1.29 is 9.53 Å². The number of primary amides is 1. The summed E-state index contributed by atoms with van der Waals surface area (Å²) in [6, 6.07) is 0. The molecule has 0 aliphatic heterocycles. The zero-order chi connectivity index (χ0) is 14.5. The summed E-state index contributed by atoms with van der Waals surface area (Å²) in [7, 11) is 0. The van der Waals surface area contributed by atoms with Gasteiger partial charge in [-0.15, -0.1) is 0 Å². The first-order chi connectivity index (χ1) is 8.85. The Bertz CT molecular complexity index is 448. The van der Waals surface area contributed by atoms with E-state index >= 15 is 0 Å². The highest BCUT2D eigenvalue weighted by atomic mass is 16.5. The number of carbonyl (C=O) groups is 1. The van der Waals surface area contributed by atoms with Gasteiger partial charge in [-0.25, -0.2) is 4.98 Å². The Kier molecular flexibility index (Phi) is 4.91. The number of rotatable bonds is 7. The Morgan fingerprint density at radius 1 is 1.47 bits per heavy atom. The molecule has 1 aromatic heterocycles. The van der Waals surface area contributed by atoms with Crippen LogP contribution in [0.15, 0.2) is 6.33 Å². The van der Waals surface area contributed by atoms with Crippen LogP contribution in [0.3, 0.4) is 0 Å². The number of ether oxygens (including phenoxy) is 1. The zero-order valence-electron chi connectivity index (χ0n) is 11.6. The quantitative estimate of drug-likeness (QED) is 0.676. The van der Waals surface area contributed by atoms with Crippen molar-refractivity contribution in [2.24, 2.45) is 5.73 Å². The van der Waals surface area contributed by atoms with E-state index in [2.05, 4.69) is 15.3 Å². The molecule has 1 rings (SSSR count). The average Bonchev–Trinajstić information content (AvgIpc) is 2.28. The van der Waals surface area contributed by atoms with Crippen LogP contribution in [0.2, 0.25) is 0 Å². The predicted molar refractivity (Wildman–Crippen MR) is 73.7 cm³/mol. The van der Waals surface area contributed by atoms with E-state index in [1.165, 1.54) is 6.33 Å². The second kappa shape index (κ2) is 6.21. The van der Waals surface area contributed by atoms with Crippen molar-refractivity contribution in [3.63, 3.8) is 0 Å². The van der Waals surface area contributed by atoms with Crippen LogP contribution >= 0.6 is 0 Å². The number of nitrogen functional groups attached to an aromatic ring is 1. The molecule has 0 bridgehead atoms. The third-order valence-electron chi connectivity index (χ3n) is 2.36. The molecule has 106 valence electrons. The van der Waals surface area contributed by atoms with Crippen molar-refractivity contribution in [2.45, 2.75) is 39.2 Å². The first kappa shape index (κ1) is 15.0. The van der Waals surface area contributed by atoms with E-state index in [1.54, 1.807) is 0 Å². The van der Waals surface area contributed by atoms with Crippen LogP contribution in [-0.2, 0) is 4.79 Å². The van der Waals surface area contributed by atoms with Crippen molar-refractivity contribution in [1.29, 1.82) is 0 Å². The fraction of sp³-hybridized carbons (Fsp3) is 0.583. The topological polar surface area (TPSA) is 116 Å². The fourth-order valence-corrected chi connectivity index (χ4v) is 1.59. The molecule has 7 nitrogen and oxygen atoms in total. The van der Waals surface area contributed by atoms with Gasteiger partial charge in [0, 0.05) is 12.0 Å². The van der Waals surface area contributed by atoms with Gasteiger partial charge in [0.15, 0.2) is 5.82 Å². The lowest BCUT2D eigenvalue weighted by molar-refractivity contribution is -0.118. The minimum absolute atomic E-state index is 0.168. The Hall–Kier alpha value is -2.05. The highest BCUT2D eigenvalue weighted by Crippen LogP contribution is 2.27. The third-order valence-corrected chi connectivity index (χ3v) is 2.36. The molecule has 0 unspecified atom stereocenters. The summed E-state index contributed by atoms with van der Waals surface area (Å²) in [5.74, 6) is 0.383. The molecule has 0 fully saturated rings. The third kappa shape index (κ3) is 4.61. The molecule has 0 radical (unpaired) electrons. The van der Waals surface area contributed by atoms with Gasteiger partial charge in [-0.05, 0) is 20.3 Å². The second-order valence-corrected chi connectivity index (χ2v) is 4.94. The summed E-state index contributed by atoms with van der Waals surface area (Å²) in [6.07, 6.45) is 2.39. The van der Waals surface area contributed by atoms with E-state index in [1.807, 2.05) is 20.8 Å². The average molecular weight is 267 g/mol. The summed E-state index contributed by atoms with van der Waals surface area (Å²) < 4.78 is 5.41. The first-order valence-corrected chi connectivity index (χ1v) is 6.15. The number of nitrogens with two attached hydrogens (primary N) is 2. The van der Waals surface area contributed by atoms with Gasteiger partial charge in [-0.3, -0.25) is 4.79 Å². The van der Waals surface area contributed by atoms with Gasteiger partial charge in [-0.2, -0.15) is 4.98 Å². The Balaban J connectivity index is 2.86. The molecule has 0 saturated heterocycles. The van der Waals surface area contributed by atoms with Crippen LogP contribution in [-0.4, -0.2) is 28.0 Å². The minimum atomic E-state index is -0.545. The van der Waals surface area contributed by atoms with Crippen LogP contribution < -0.4 is 21.5 Å². The molecule has 0 atom stereocenters. The van der Waals surface area contributed by atoms with Crippen molar-refractivity contribution in [1.82, 2.24) is 9.97 Å². The molecule has 0 saturated carbocycles. The standard InChI is InChI=1S/C12H21N5O2/c1-4-5-19-11-9(14)10(15-7-16-11)17-12(2,3)6-8(13)18/h7H,4-6,14H2,1-3H3,(H2,13,18)(H,15,16,17). The van der Waals surface area contributed by atoms with E-state index in [-0.39, 0.29) is 6.42 Å². The maximum atomic E-state index is 11.0. The molecule has 7 heteroatoms. The summed E-state index contributed by atoms with van der Waals surface area (Å²) in [6.45, 7) is 6.20. The number of aromatic nitrogens is 2. The normalized spacial score (nSPS) is 11.1. The molecule has 5 N–H and O–H groups in total. The molecule has 1 amide bonds. The minimum Gasteiger partial charge on any atom is -0.476 e. The molecular weight excluding hydrogens is 246 g/mol. The van der Waals surface area contributed by atoms with E-state index in [4.69, 9.17) is 16.2 Å². The van der Waals surface area contributed by atoms with Gasteiger partial charge < -0.3 is 21.5 Å². The van der Waals surface area contributed by atoms with Crippen molar-refractivity contribution in [3.8, 4) is 5.88 Å². The number of anilines is 2. The SMILES string of the molecule is CCCOc1ncnc(NC(C)(C)CC(N)=O)c1N. The second-order valence-electron chi connectivity index (χ2n) is 4.94. The van der Waals surface area contributed by atoms with Gasteiger partial charge in [0.25, 0.3) is 0 Å². The molecule has 1 heterocycles. The van der Waals surface area contributed by atoms with Crippen LogP contribution in [0.1, 0.15) is 33.6 Å². The lowest BCUT2D eigenvalue weighted by atomic mass is 10.0. The molecule has 0 spiro atoms. The predicted octanol–water partition coefficient (Wildman–Crippen LogP) is 0.914. The number of nitrogens with zero attached hydrogens (tertiary/aromatic N) is 2. The van der Waals surface area contributed by atoms with Crippen LogP contribution in [0.5, 0.6) is 5.88 Å². The lowest BCUT2D eigenvalue weighted by Crippen LogP contribution is -2.36. The maximum absolute atomic E-state index is 11.0. The van der Waals surface area contributed by atoms with E-state index < -0.39 is 11.4 Å². The molecule has 0 aliphatic carbocycles. The van der Waals surface area contributed by atoms with Crippen LogP contribution in [0.4, 0.5) is 11.5 Å². The van der Waals surface area contributed by atoms with Crippen molar-refractivity contribution in [3.05, 3.63) is 6.33 Å². The van der Waals surface area contributed by atoms with E-state index in [0.29, 0.717) is 24.0 Å². The molecular formula is C12H21N5O2. The summed E-state index contributed by atoms with van der Waals surface area (Å²) in [5, 5.41) is 3.08. The molecule has 0 aliphatic rings. The van der Waals surface area contributed by atoms with Crippen molar-refractivity contribution in [2.75, 3.05) is 17.7 Å². The Morgan fingerprint density at radius 3 is 2.74 bits per heavy atom. The first-order valence-electron chi connectivity index (χ1n) is 6.15. The number of amides is 1. The van der Waals surface area contributed by atoms with E-state index in [0.717, 1.165) is 6.42 Å². The van der Waals surface area contributed by atoms with Gasteiger partial charge in [0.1, 0.15) is 12.0 Å². The summed E-state index contributed by atoms with van der Waals surface area (Å²) in [5.41, 5.74) is 10.9. The molecule has 19 heavy (non-hydrogen) atoms. The van der Waals surface area contributed by atoms with Gasteiger partial charge in [0.05, 0.1) is 6.61 Å². The molecule has 1 aromatic rings. The monoisotopic (exact) mass is 267 g/mol. The Morgan fingerprint density at radius 2 is 2.16 bits per heavy atom.